The van der Waals surface area contributed by atoms with Crippen molar-refractivity contribution in [2.45, 2.75) is 45.3 Å². The third-order valence-electron chi connectivity index (χ3n) is 5.86. The third-order valence-corrected chi connectivity index (χ3v) is 5.86. The second-order valence-electron chi connectivity index (χ2n) is 9.73. The highest BCUT2D eigenvalue weighted by Gasteiger charge is 2.28. The summed E-state index contributed by atoms with van der Waals surface area (Å²) >= 11 is 0. The van der Waals surface area contributed by atoms with Gasteiger partial charge in [-0.2, -0.15) is 5.10 Å². The van der Waals surface area contributed by atoms with Gasteiger partial charge in [0.25, 0.3) is 5.91 Å². The Morgan fingerprint density at radius 3 is 2.64 bits per heavy atom. The Hall–Kier alpha value is -4.21. The van der Waals surface area contributed by atoms with E-state index in [4.69, 9.17) is 9.47 Å². The van der Waals surface area contributed by atoms with Gasteiger partial charge in [0.05, 0.1) is 17.4 Å². The Kier molecular flexibility index (Phi) is 6.17. The molecule has 1 aliphatic rings. The van der Waals surface area contributed by atoms with Crippen molar-refractivity contribution in [3.05, 3.63) is 60.7 Å². The van der Waals surface area contributed by atoms with Crippen LogP contribution in [0.4, 0.5) is 10.5 Å². The van der Waals surface area contributed by atoms with Crippen LogP contribution in [0.2, 0.25) is 0 Å². The summed E-state index contributed by atoms with van der Waals surface area (Å²) in [5.41, 5.74) is 1.58. The SMILES string of the molecule is CC(C)(C)OC(=O)N1CCC(Oc2cc3ncccc3cc2NC(=O)c2cnn3cccnc23)CC1. The van der Waals surface area contributed by atoms with Gasteiger partial charge < -0.3 is 19.7 Å². The van der Waals surface area contributed by atoms with Crippen LogP contribution < -0.4 is 10.1 Å². The van der Waals surface area contributed by atoms with E-state index in [0.717, 1.165) is 10.9 Å². The van der Waals surface area contributed by atoms with Crippen molar-refractivity contribution in [3.8, 4) is 5.75 Å². The maximum absolute atomic E-state index is 13.2. The Bertz CT molecular complexity index is 1420. The molecule has 10 nitrogen and oxygen atoms in total. The first-order valence-electron chi connectivity index (χ1n) is 11.9. The maximum atomic E-state index is 13.2. The summed E-state index contributed by atoms with van der Waals surface area (Å²) < 4.78 is 13.4. The van der Waals surface area contributed by atoms with Crippen LogP contribution in [0.15, 0.2) is 55.1 Å². The molecular formula is C26H28N6O4. The van der Waals surface area contributed by atoms with E-state index >= 15 is 0 Å². The van der Waals surface area contributed by atoms with Gasteiger partial charge in [-0.1, -0.05) is 6.07 Å². The average molecular weight is 489 g/mol. The number of piperidine rings is 1. The summed E-state index contributed by atoms with van der Waals surface area (Å²) in [5, 5.41) is 8.04. The molecule has 0 radical (unpaired) electrons. The highest BCUT2D eigenvalue weighted by molar-refractivity contribution is 6.09. The number of hydrogen-bond acceptors (Lipinski definition) is 7. The highest BCUT2D eigenvalue weighted by atomic mass is 16.6. The molecule has 10 heteroatoms. The van der Waals surface area contributed by atoms with Crippen LogP contribution in [0.1, 0.15) is 44.0 Å². The largest absolute Gasteiger partial charge is 0.488 e. The van der Waals surface area contributed by atoms with E-state index in [-0.39, 0.29) is 18.1 Å². The van der Waals surface area contributed by atoms with Gasteiger partial charge in [-0.3, -0.25) is 9.78 Å². The van der Waals surface area contributed by atoms with E-state index in [0.29, 0.717) is 48.6 Å². The Balaban J connectivity index is 1.35. The van der Waals surface area contributed by atoms with Gasteiger partial charge >= 0.3 is 6.09 Å². The second kappa shape index (κ2) is 9.44. The average Bonchev–Trinajstić information content (AvgIpc) is 3.28. The molecule has 1 fully saturated rings. The van der Waals surface area contributed by atoms with Crippen LogP contribution in [0.3, 0.4) is 0 Å². The lowest BCUT2D eigenvalue weighted by Gasteiger charge is -2.33. The summed E-state index contributed by atoms with van der Waals surface area (Å²) in [4.78, 5) is 36.0. The van der Waals surface area contributed by atoms with E-state index in [9.17, 15) is 9.59 Å². The molecule has 186 valence electrons. The molecule has 1 saturated heterocycles. The number of fused-ring (bicyclic) bond motifs is 2. The second-order valence-corrected chi connectivity index (χ2v) is 9.73. The predicted molar refractivity (Wildman–Crippen MR) is 134 cm³/mol. The summed E-state index contributed by atoms with van der Waals surface area (Å²) in [6.07, 6.45) is 7.41. The molecule has 0 aliphatic carbocycles. The lowest BCUT2D eigenvalue weighted by atomic mass is 10.1. The van der Waals surface area contributed by atoms with E-state index in [1.165, 1.54) is 6.20 Å². The zero-order chi connectivity index (χ0) is 25.3. The van der Waals surface area contributed by atoms with Gasteiger partial charge in [-0.15, -0.1) is 0 Å². The molecule has 2 amide bonds. The quantitative estimate of drug-likeness (QED) is 0.456. The predicted octanol–water partition coefficient (Wildman–Crippen LogP) is 4.31. The van der Waals surface area contributed by atoms with Crippen molar-refractivity contribution in [3.63, 3.8) is 0 Å². The zero-order valence-corrected chi connectivity index (χ0v) is 20.5. The van der Waals surface area contributed by atoms with Crippen LogP contribution >= 0.6 is 0 Å². The molecule has 1 aliphatic heterocycles. The van der Waals surface area contributed by atoms with Crippen molar-refractivity contribution in [2.75, 3.05) is 18.4 Å². The Morgan fingerprint density at radius 1 is 1.08 bits per heavy atom. The van der Waals surface area contributed by atoms with E-state index in [1.807, 2.05) is 45.0 Å². The number of carbonyl (C=O) groups is 2. The van der Waals surface area contributed by atoms with Crippen molar-refractivity contribution in [1.82, 2.24) is 24.5 Å². The zero-order valence-electron chi connectivity index (χ0n) is 20.5. The maximum Gasteiger partial charge on any atom is 0.410 e. The van der Waals surface area contributed by atoms with Crippen molar-refractivity contribution in [2.24, 2.45) is 0 Å². The molecule has 36 heavy (non-hydrogen) atoms. The first-order valence-corrected chi connectivity index (χ1v) is 11.9. The number of carbonyl (C=O) groups excluding carboxylic acids is 2. The number of ether oxygens (including phenoxy) is 2. The minimum atomic E-state index is -0.536. The Labute approximate surface area is 208 Å². The number of nitrogens with zero attached hydrogens (tertiary/aromatic N) is 5. The summed E-state index contributed by atoms with van der Waals surface area (Å²) in [5.74, 6) is 0.186. The number of rotatable bonds is 4. The molecule has 0 saturated carbocycles. The van der Waals surface area contributed by atoms with Gasteiger partial charge in [-0.25, -0.2) is 14.3 Å². The van der Waals surface area contributed by atoms with Crippen molar-refractivity contribution in [1.29, 1.82) is 0 Å². The molecule has 0 bridgehead atoms. The number of nitrogens with one attached hydrogen (secondary N) is 1. The number of hydrogen-bond donors (Lipinski definition) is 1. The first-order chi connectivity index (χ1) is 17.3. The van der Waals surface area contributed by atoms with Gasteiger partial charge in [0.15, 0.2) is 5.65 Å². The number of anilines is 1. The van der Waals surface area contributed by atoms with Gasteiger partial charge in [0.1, 0.15) is 23.0 Å². The van der Waals surface area contributed by atoms with Gasteiger partial charge in [-0.05, 0) is 39.0 Å². The van der Waals surface area contributed by atoms with Crippen molar-refractivity contribution >= 4 is 34.2 Å². The minimum Gasteiger partial charge on any atom is -0.488 e. The Morgan fingerprint density at radius 2 is 1.86 bits per heavy atom. The van der Waals surface area contributed by atoms with E-state index in [1.54, 1.807) is 34.1 Å². The summed E-state index contributed by atoms with van der Waals surface area (Å²) in [6, 6.07) is 9.20. The molecule has 0 spiro atoms. The minimum absolute atomic E-state index is 0.126. The van der Waals surface area contributed by atoms with Crippen LogP contribution in [-0.2, 0) is 4.74 Å². The van der Waals surface area contributed by atoms with Gasteiger partial charge in [0, 0.05) is 56.0 Å². The van der Waals surface area contributed by atoms with Crippen molar-refractivity contribution < 1.29 is 19.1 Å². The fourth-order valence-electron chi connectivity index (χ4n) is 4.14. The van der Waals surface area contributed by atoms with Crippen LogP contribution in [-0.4, -0.2) is 61.3 Å². The number of aromatic nitrogens is 4. The third kappa shape index (κ3) is 5.07. The topological polar surface area (TPSA) is 111 Å². The van der Waals surface area contributed by atoms with Crippen LogP contribution in [0.25, 0.3) is 16.6 Å². The smallest absolute Gasteiger partial charge is 0.410 e. The first kappa shape index (κ1) is 23.5. The summed E-state index contributed by atoms with van der Waals surface area (Å²) in [6.45, 7) is 6.62. The number of amides is 2. The fourth-order valence-corrected chi connectivity index (χ4v) is 4.14. The molecule has 0 unspecified atom stereocenters. The normalized spacial score (nSPS) is 14.7. The van der Waals surface area contributed by atoms with Crippen LogP contribution in [0, 0.1) is 0 Å². The van der Waals surface area contributed by atoms with E-state index in [2.05, 4.69) is 20.4 Å². The summed E-state index contributed by atoms with van der Waals surface area (Å²) in [7, 11) is 0. The standard InChI is InChI=1S/C26H28N6O4/c1-26(2,3)36-25(34)31-12-7-18(8-13-31)35-22-15-20-17(6-4-9-27-20)14-21(22)30-24(33)19-16-29-32-11-5-10-28-23(19)32/h4-6,9-11,14-16,18H,7-8,12-13H2,1-3H3,(H,30,33). The highest BCUT2D eigenvalue weighted by Crippen LogP contribution is 2.32. The van der Waals surface area contributed by atoms with Crippen LogP contribution in [0.5, 0.6) is 5.75 Å². The lowest BCUT2D eigenvalue weighted by molar-refractivity contribution is 0.0127. The van der Waals surface area contributed by atoms with Gasteiger partial charge in [0.2, 0.25) is 0 Å². The fraction of sp³-hybridized carbons (Fsp3) is 0.346. The molecule has 4 heterocycles. The monoisotopic (exact) mass is 488 g/mol. The number of likely N-dealkylation sites (tertiary alicyclic amines) is 1. The number of benzene rings is 1. The molecule has 3 aromatic heterocycles. The molecule has 1 aromatic carbocycles. The molecular weight excluding hydrogens is 460 g/mol. The lowest BCUT2D eigenvalue weighted by Crippen LogP contribution is -2.44. The van der Waals surface area contributed by atoms with E-state index < -0.39 is 5.60 Å². The molecule has 4 aromatic rings. The molecule has 5 rings (SSSR count). The molecule has 0 atom stereocenters. The molecule has 1 N–H and O–H groups in total. The number of pyridine rings is 1.